The Balaban J connectivity index is 1.63. The largest absolute Gasteiger partial charge is 0.335 e. The van der Waals surface area contributed by atoms with Crippen molar-refractivity contribution in [2.75, 3.05) is 26.7 Å². The first kappa shape index (κ1) is 14.0. The number of hydrogen-bond acceptors (Lipinski definition) is 2. The number of carbonyl (C=O) groups excluding carboxylic acids is 2. The van der Waals surface area contributed by atoms with Crippen LogP contribution < -0.4 is 5.32 Å². The second kappa shape index (κ2) is 4.68. The molecule has 118 valence electrons. The predicted octanol–water partition coefficient (Wildman–Crippen LogP) is 1.83. The molecule has 1 spiro atoms. The summed E-state index contributed by atoms with van der Waals surface area (Å²) in [6.07, 6.45) is 0. The van der Waals surface area contributed by atoms with Crippen molar-refractivity contribution in [3.8, 4) is 0 Å². The molecule has 3 amide bonds. The van der Waals surface area contributed by atoms with E-state index < -0.39 is 5.82 Å². The Kier molecular flexibility index (Phi) is 2.85. The highest BCUT2D eigenvalue weighted by atomic mass is 19.1. The van der Waals surface area contributed by atoms with Crippen LogP contribution in [-0.4, -0.2) is 54.0 Å². The number of amides is 3. The van der Waals surface area contributed by atoms with Crippen LogP contribution in [0.5, 0.6) is 0 Å². The molecule has 0 radical (unpaired) electrons. The number of nitrogens with one attached hydrogen (secondary N) is 1. The molecule has 6 heteroatoms. The third-order valence-corrected chi connectivity index (χ3v) is 4.90. The topological polar surface area (TPSA) is 52.7 Å². The Morgan fingerprint density at radius 3 is 2.70 bits per heavy atom. The van der Waals surface area contributed by atoms with E-state index in [2.05, 4.69) is 5.32 Å². The highest BCUT2D eigenvalue weighted by molar-refractivity contribution is 6.07. The van der Waals surface area contributed by atoms with Crippen LogP contribution in [0.2, 0.25) is 0 Å². The van der Waals surface area contributed by atoms with Crippen LogP contribution in [0, 0.1) is 5.82 Å². The van der Waals surface area contributed by atoms with Crippen LogP contribution >= 0.6 is 0 Å². The third-order valence-electron chi connectivity index (χ3n) is 4.90. The summed E-state index contributed by atoms with van der Waals surface area (Å²) in [6, 6.07) is 9.87. The maximum absolute atomic E-state index is 13.8. The molecule has 0 aromatic heterocycles. The van der Waals surface area contributed by atoms with Gasteiger partial charge < -0.3 is 15.1 Å². The first-order chi connectivity index (χ1) is 11.0. The summed E-state index contributed by atoms with van der Waals surface area (Å²) in [5.74, 6) is -0.615. The van der Waals surface area contributed by atoms with Crippen molar-refractivity contribution < 1.29 is 14.0 Å². The Morgan fingerprint density at radius 2 is 2.00 bits per heavy atom. The first-order valence-electron chi connectivity index (χ1n) is 7.49. The van der Waals surface area contributed by atoms with E-state index in [-0.39, 0.29) is 17.5 Å². The SMILES string of the molecule is CN1C(=O)NCC12CN(C(=O)c1cc(F)cc3ccccc13)C2. The maximum Gasteiger partial charge on any atom is 0.317 e. The number of likely N-dealkylation sites (tertiary alicyclic amines) is 1. The molecule has 1 N–H and O–H groups in total. The van der Waals surface area contributed by atoms with Crippen LogP contribution in [0.15, 0.2) is 36.4 Å². The molecule has 4 rings (SSSR count). The number of hydrogen-bond donors (Lipinski definition) is 1. The second-order valence-electron chi connectivity index (χ2n) is 6.28. The number of benzene rings is 2. The van der Waals surface area contributed by atoms with Gasteiger partial charge in [-0.15, -0.1) is 0 Å². The zero-order valence-electron chi connectivity index (χ0n) is 12.7. The Hall–Kier alpha value is -2.63. The van der Waals surface area contributed by atoms with Gasteiger partial charge in [-0.05, 0) is 22.9 Å². The van der Waals surface area contributed by atoms with E-state index in [4.69, 9.17) is 0 Å². The fourth-order valence-electron chi connectivity index (χ4n) is 3.45. The van der Waals surface area contributed by atoms with Crippen LogP contribution in [-0.2, 0) is 0 Å². The maximum atomic E-state index is 13.8. The summed E-state index contributed by atoms with van der Waals surface area (Å²) in [6.45, 7) is 1.47. The molecule has 2 fully saturated rings. The van der Waals surface area contributed by atoms with Gasteiger partial charge >= 0.3 is 6.03 Å². The number of halogens is 1. The van der Waals surface area contributed by atoms with Crippen molar-refractivity contribution in [2.24, 2.45) is 0 Å². The van der Waals surface area contributed by atoms with Gasteiger partial charge in [0.15, 0.2) is 0 Å². The van der Waals surface area contributed by atoms with Crippen molar-refractivity contribution in [2.45, 2.75) is 5.54 Å². The van der Waals surface area contributed by atoms with Crippen molar-refractivity contribution in [1.82, 2.24) is 15.1 Å². The number of nitrogens with zero attached hydrogens (tertiary/aromatic N) is 2. The molecular formula is C17H16FN3O2. The Bertz CT molecular complexity index is 830. The molecule has 0 saturated carbocycles. The second-order valence-corrected chi connectivity index (χ2v) is 6.28. The van der Waals surface area contributed by atoms with Gasteiger partial charge in [0.1, 0.15) is 5.82 Å². The van der Waals surface area contributed by atoms with Gasteiger partial charge in [-0.3, -0.25) is 4.79 Å². The standard InChI is InChI=1S/C17H16FN3O2/c1-20-16(23)19-8-17(20)9-21(10-17)15(22)14-7-12(18)6-11-4-2-3-5-13(11)14/h2-7H,8-10H2,1H3,(H,19,23). The average molecular weight is 313 g/mol. The summed E-state index contributed by atoms with van der Waals surface area (Å²) in [4.78, 5) is 27.7. The van der Waals surface area contributed by atoms with E-state index in [9.17, 15) is 14.0 Å². The van der Waals surface area contributed by atoms with Gasteiger partial charge in [0, 0.05) is 26.7 Å². The molecule has 23 heavy (non-hydrogen) atoms. The highest BCUT2D eigenvalue weighted by Gasteiger charge is 2.53. The third kappa shape index (κ3) is 1.98. The number of fused-ring (bicyclic) bond motifs is 1. The molecule has 2 heterocycles. The van der Waals surface area contributed by atoms with E-state index in [1.807, 2.05) is 18.2 Å². The minimum absolute atomic E-state index is 0.117. The molecule has 2 aromatic rings. The average Bonchev–Trinajstić information content (AvgIpc) is 2.80. The van der Waals surface area contributed by atoms with E-state index in [1.54, 1.807) is 22.9 Å². The van der Waals surface area contributed by atoms with Gasteiger partial charge in [0.05, 0.1) is 11.1 Å². The lowest BCUT2D eigenvalue weighted by atomic mass is 9.88. The van der Waals surface area contributed by atoms with E-state index in [1.165, 1.54) is 12.1 Å². The zero-order chi connectivity index (χ0) is 16.2. The summed E-state index contributed by atoms with van der Waals surface area (Å²) < 4.78 is 13.8. The quantitative estimate of drug-likeness (QED) is 0.873. The van der Waals surface area contributed by atoms with Gasteiger partial charge in [-0.2, -0.15) is 0 Å². The van der Waals surface area contributed by atoms with Crippen LogP contribution in [0.25, 0.3) is 10.8 Å². The molecule has 0 atom stereocenters. The van der Waals surface area contributed by atoms with E-state index in [0.717, 1.165) is 5.39 Å². The van der Waals surface area contributed by atoms with Crippen LogP contribution in [0.1, 0.15) is 10.4 Å². The normalized spacial score (nSPS) is 19.1. The van der Waals surface area contributed by atoms with Crippen LogP contribution in [0.4, 0.5) is 9.18 Å². The summed E-state index contributed by atoms with van der Waals surface area (Å²) in [7, 11) is 1.74. The summed E-state index contributed by atoms with van der Waals surface area (Å²) in [5.41, 5.74) is 0.0472. The number of rotatable bonds is 1. The van der Waals surface area contributed by atoms with Crippen molar-refractivity contribution >= 4 is 22.7 Å². The molecular weight excluding hydrogens is 297 g/mol. The number of likely N-dealkylation sites (N-methyl/N-ethyl adjacent to an activating group) is 1. The monoisotopic (exact) mass is 313 g/mol. The van der Waals surface area contributed by atoms with Crippen molar-refractivity contribution in [1.29, 1.82) is 0 Å². The number of carbonyl (C=O) groups is 2. The fraction of sp³-hybridized carbons (Fsp3) is 0.294. The van der Waals surface area contributed by atoms with Crippen molar-refractivity contribution in [3.63, 3.8) is 0 Å². The molecule has 2 aliphatic rings. The number of urea groups is 1. The molecule has 0 bridgehead atoms. The lowest BCUT2D eigenvalue weighted by Gasteiger charge is -2.50. The molecule has 0 unspecified atom stereocenters. The summed E-state index contributed by atoms with van der Waals surface area (Å²) >= 11 is 0. The Labute approximate surface area is 132 Å². The lowest BCUT2D eigenvalue weighted by molar-refractivity contribution is 0.00789. The first-order valence-corrected chi connectivity index (χ1v) is 7.49. The molecule has 5 nitrogen and oxygen atoms in total. The minimum Gasteiger partial charge on any atom is -0.335 e. The molecule has 2 aromatic carbocycles. The van der Waals surface area contributed by atoms with Crippen LogP contribution in [0.3, 0.4) is 0 Å². The summed E-state index contributed by atoms with van der Waals surface area (Å²) in [5, 5.41) is 4.24. The predicted molar refractivity (Wildman–Crippen MR) is 83.7 cm³/mol. The molecule has 2 saturated heterocycles. The lowest BCUT2D eigenvalue weighted by Crippen LogP contribution is -2.70. The van der Waals surface area contributed by atoms with Gasteiger partial charge in [0.2, 0.25) is 0 Å². The van der Waals surface area contributed by atoms with Crippen molar-refractivity contribution in [3.05, 3.63) is 47.8 Å². The van der Waals surface area contributed by atoms with E-state index >= 15 is 0 Å². The smallest absolute Gasteiger partial charge is 0.317 e. The molecule has 2 aliphatic heterocycles. The van der Waals surface area contributed by atoms with Gasteiger partial charge in [-0.1, -0.05) is 24.3 Å². The fourth-order valence-corrected chi connectivity index (χ4v) is 3.45. The Morgan fingerprint density at radius 1 is 1.26 bits per heavy atom. The highest BCUT2D eigenvalue weighted by Crippen LogP contribution is 2.32. The van der Waals surface area contributed by atoms with Gasteiger partial charge in [0.25, 0.3) is 5.91 Å². The van der Waals surface area contributed by atoms with Gasteiger partial charge in [-0.25, -0.2) is 9.18 Å². The minimum atomic E-state index is -0.419. The zero-order valence-corrected chi connectivity index (χ0v) is 12.7. The molecule has 0 aliphatic carbocycles. The van der Waals surface area contributed by atoms with E-state index in [0.29, 0.717) is 30.6 Å².